The maximum atomic E-state index is 5.83. The average Bonchev–Trinajstić information content (AvgIpc) is 3.08. The molecule has 3 rings (SSSR count). The largest absolute Gasteiger partial charge is 0.375 e. The van der Waals surface area contributed by atoms with Crippen molar-refractivity contribution >= 4 is 23.0 Å². The van der Waals surface area contributed by atoms with Crippen molar-refractivity contribution in [1.29, 1.82) is 0 Å². The SMILES string of the molecule is Cc1ccc(C2=CC(C3=CC=CC3)N(C(N)=S)N2)cc1. The van der Waals surface area contributed by atoms with Gasteiger partial charge in [0.25, 0.3) is 0 Å². The molecule has 3 N–H and O–H groups in total. The van der Waals surface area contributed by atoms with E-state index in [2.05, 4.69) is 60.9 Å². The second-order valence-corrected chi connectivity index (χ2v) is 5.50. The molecule has 102 valence electrons. The van der Waals surface area contributed by atoms with E-state index in [0.717, 1.165) is 17.7 Å². The number of thiocarbonyl (C=S) groups is 1. The lowest BCUT2D eigenvalue weighted by Gasteiger charge is -2.26. The van der Waals surface area contributed by atoms with Crippen LogP contribution in [0.15, 0.2) is 54.1 Å². The summed E-state index contributed by atoms with van der Waals surface area (Å²) in [6.07, 6.45) is 9.48. The smallest absolute Gasteiger partial charge is 0.186 e. The second-order valence-electron chi connectivity index (χ2n) is 5.09. The molecule has 1 atom stereocenters. The van der Waals surface area contributed by atoms with Crippen LogP contribution in [0.3, 0.4) is 0 Å². The number of hydrogen-bond acceptors (Lipinski definition) is 2. The summed E-state index contributed by atoms with van der Waals surface area (Å²) in [7, 11) is 0. The van der Waals surface area contributed by atoms with Crippen molar-refractivity contribution in [3.05, 3.63) is 65.3 Å². The maximum absolute atomic E-state index is 5.83. The van der Waals surface area contributed by atoms with Gasteiger partial charge in [0.05, 0.1) is 11.7 Å². The number of rotatable bonds is 2. The molecule has 1 heterocycles. The van der Waals surface area contributed by atoms with Crippen molar-refractivity contribution in [2.45, 2.75) is 19.4 Å². The van der Waals surface area contributed by atoms with Gasteiger partial charge < -0.3 is 5.73 Å². The highest BCUT2D eigenvalue weighted by molar-refractivity contribution is 7.80. The molecule has 0 fully saturated rings. The van der Waals surface area contributed by atoms with Gasteiger partial charge >= 0.3 is 0 Å². The van der Waals surface area contributed by atoms with E-state index in [9.17, 15) is 0 Å². The Labute approximate surface area is 124 Å². The van der Waals surface area contributed by atoms with Crippen molar-refractivity contribution in [3.63, 3.8) is 0 Å². The summed E-state index contributed by atoms with van der Waals surface area (Å²) in [5, 5.41) is 2.21. The Balaban J connectivity index is 1.91. The van der Waals surface area contributed by atoms with Gasteiger partial charge in [0.15, 0.2) is 5.11 Å². The van der Waals surface area contributed by atoms with Crippen LogP contribution in [0, 0.1) is 6.92 Å². The predicted octanol–water partition coefficient (Wildman–Crippen LogP) is 2.65. The Kier molecular flexibility index (Phi) is 3.32. The molecule has 3 nitrogen and oxygen atoms in total. The van der Waals surface area contributed by atoms with E-state index < -0.39 is 0 Å². The third kappa shape index (κ3) is 2.34. The molecule has 0 aromatic heterocycles. The van der Waals surface area contributed by atoms with E-state index in [1.807, 2.05) is 5.01 Å². The highest BCUT2D eigenvalue weighted by atomic mass is 32.1. The summed E-state index contributed by atoms with van der Waals surface area (Å²) in [6.45, 7) is 2.08. The van der Waals surface area contributed by atoms with Gasteiger partial charge in [-0.3, -0.25) is 10.4 Å². The Morgan fingerprint density at radius 1 is 1.35 bits per heavy atom. The van der Waals surface area contributed by atoms with Gasteiger partial charge in [-0.1, -0.05) is 48.1 Å². The molecular weight excluding hydrogens is 266 g/mol. The van der Waals surface area contributed by atoms with Crippen LogP contribution in [-0.4, -0.2) is 16.2 Å². The van der Waals surface area contributed by atoms with E-state index in [1.165, 1.54) is 11.1 Å². The molecule has 1 aromatic rings. The average molecular weight is 283 g/mol. The van der Waals surface area contributed by atoms with Crippen LogP contribution in [0.4, 0.5) is 0 Å². The lowest BCUT2D eigenvalue weighted by molar-refractivity contribution is 0.367. The normalized spacial score (nSPS) is 20.6. The Bertz CT molecular complexity index is 626. The monoisotopic (exact) mass is 283 g/mol. The molecule has 0 radical (unpaired) electrons. The molecular formula is C16H17N3S. The van der Waals surface area contributed by atoms with Crippen LogP contribution in [0.1, 0.15) is 17.5 Å². The number of hydrogen-bond donors (Lipinski definition) is 2. The molecule has 4 heteroatoms. The van der Waals surface area contributed by atoms with Crippen LogP contribution in [0.5, 0.6) is 0 Å². The Morgan fingerprint density at radius 3 is 2.70 bits per heavy atom. The fraction of sp³-hybridized carbons (Fsp3) is 0.188. The first-order chi connectivity index (χ1) is 9.65. The van der Waals surface area contributed by atoms with Crippen LogP contribution < -0.4 is 11.2 Å². The van der Waals surface area contributed by atoms with E-state index in [1.54, 1.807) is 0 Å². The Hall–Kier alpha value is -2.07. The first-order valence-corrected chi connectivity index (χ1v) is 7.06. The number of nitrogens with one attached hydrogen (secondary N) is 1. The second kappa shape index (κ2) is 5.13. The fourth-order valence-electron chi connectivity index (χ4n) is 2.51. The quantitative estimate of drug-likeness (QED) is 0.819. The minimum atomic E-state index is 0.0961. The lowest BCUT2D eigenvalue weighted by atomic mass is 10.0. The molecule has 0 saturated heterocycles. The zero-order valence-electron chi connectivity index (χ0n) is 11.3. The molecule has 0 saturated carbocycles. The molecule has 20 heavy (non-hydrogen) atoms. The molecule has 1 aliphatic heterocycles. The molecule has 1 unspecified atom stereocenters. The topological polar surface area (TPSA) is 41.3 Å². The van der Waals surface area contributed by atoms with Crippen molar-refractivity contribution in [2.24, 2.45) is 5.73 Å². The van der Waals surface area contributed by atoms with Crippen LogP contribution in [0.2, 0.25) is 0 Å². The highest BCUT2D eigenvalue weighted by Gasteiger charge is 2.29. The maximum Gasteiger partial charge on any atom is 0.186 e. The molecule has 1 aliphatic carbocycles. The minimum Gasteiger partial charge on any atom is -0.375 e. The van der Waals surface area contributed by atoms with Gasteiger partial charge in [-0.25, -0.2) is 0 Å². The summed E-state index contributed by atoms with van der Waals surface area (Å²) in [4.78, 5) is 0. The van der Waals surface area contributed by atoms with Crippen LogP contribution in [-0.2, 0) is 0 Å². The number of nitrogens with two attached hydrogens (primary N) is 1. The van der Waals surface area contributed by atoms with Gasteiger partial charge in [0, 0.05) is 0 Å². The van der Waals surface area contributed by atoms with Gasteiger partial charge in [0.1, 0.15) is 0 Å². The standard InChI is InChI=1S/C16H17N3S/c1-11-6-8-12(9-7-11)14-10-15(13-4-2-3-5-13)19(18-14)16(17)20/h2-4,6-10,15,18H,5H2,1H3,(H2,17,20). The summed E-state index contributed by atoms with van der Waals surface area (Å²) in [5.41, 5.74) is 13.9. The summed E-state index contributed by atoms with van der Waals surface area (Å²) in [6, 6.07) is 8.52. The molecule has 0 bridgehead atoms. The van der Waals surface area contributed by atoms with E-state index in [4.69, 9.17) is 18.0 Å². The van der Waals surface area contributed by atoms with Gasteiger partial charge in [-0.2, -0.15) is 0 Å². The van der Waals surface area contributed by atoms with Crippen LogP contribution >= 0.6 is 12.2 Å². The minimum absolute atomic E-state index is 0.0961. The number of aryl methyl sites for hydroxylation is 1. The first-order valence-electron chi connectivity index (χ1n) is 6.65. The summed E-state index contributed by atoms with van der Waals surface area (Å²) in [5.74, 6) is 0. The van der Waals surface area contributed by atoms with Gasteiger partial charge in [-0.05, 0) is 42.8 Å². The zero-order valence-corrected chi connectivity index (χ0v) is 12.2. The van der Waals surface area contributed by atoms with Crippen molar-refractivity contribution < 1.29 is 0 Å². The first kappa shape index (κ1) is 12.9. The van der Waals surface area contributed by atoms with E-state index in [0.29, 0.717) is 5.11 Å². The summed E-state index contributed by atoms with van der Waals surface area (Å²) < 4.78 is 0. The van der Waals surface area contributed by atoms with Crippen molar-refractivity contribution in [3.8, 4) is 0 Å². The molecule has 0 amide bonds. The van der Waals surface area contributed by atoms with E-state index in [-0.39, 0.29) is 6.04 Å². The summed E-state index contributed by atoms with van der Waals surface area (Å²) >= 11 is 5.15. The Morgan fingerprint density at radius 2 is 2.10 bits per heavy atom. The van der Waals surface area contributed by atoms with Crippen LogP contribution in [0.25, 0.3) is 5.70 Å². The third-order valence-corrected chi connectivity index (χ3v) is 3.82. The lowest BCUT2D eigenvalue weighted by Crippen LogP contribution is -2.46. The van der Waals surface area contributed by atoms with Gasteiger partial charge in [-0.15, -0.1) is 0 Å². The zero-order chi connectivity index (χ0) is 14.1. The highest BCUT2D eigenvalue weighted by Crippen LogP contribution is 2.28. The fourth-order valence-corrected chi connectivity index (χ4v) is 2.67. The molecule has 2 aliphatic rings. The number of allylic oxidation sites excluding steroid dienone is 3. The third-order valence-electron chi connectivity index (χ3n) is 3.62. The van der Waals surface area contributed by atoms with Crippen molar-refractivity contribution in [1.82, 2.24) is 10.4 Å². The van der Waals surface area contributed by atoms with Crippen molar-refractivity contribution in [2.75, 3.05) is 0 Å². The number of benzene rings is 1. The number of hydrazine groups is 1. The van der Waals surface area contributed by atoms with Gasteiger partial charge in [0.2, 0.25) is 0 Å². The molecule has 1 aromatic carbocycles. The predicted molar refractivity (Wildman–Crippen MR) is 86.5 cm³/mol. The van der Waals surface area contributed by atoms with E-state index >= 15 is 0 Å². The number of nitrogens with zero attached hydrogens (tertiary/aromatic N) is 1. The molecule has 0 spiro atoms.